The van der Waals surface area contributed by atoms with Crippen molar-refractivity contribution < 1.29 is 29.1 Å². The molecule has 0 aliphatic carbocycles. The van der Waals surface area contributed by atoms with E-state index in [9.17, 15) is 24.8 Å². The fourth-order valence-electron chi connectivity index (χ4n) is 4.14. The van der Waals surface area contributed by atoms with Crippen LogP contribution in [0, 0.1) is 10.1 Å². The number of Topliss-reactive ketones (excluding diaryl/α,β-unsaturated/α-hetero) is 1. The lowest BCUT2D eigenvalue weighted by Crippen LogP contribution is -2.36. The number of likely N-dealkylation sites (tertiary alicyclic amines) is 1. The molecule has 0 radical (unpaired) electrons. The Hall–Kier alpha value is -3.72. The smallest absolute Gasteiger partial charge is 0.295 e. The Kier molecular flexibility index (Phi) is 5.91. The average molecular weight is 438 g/mol. The molecule has 32 heavy (non-hydrogen) atoms. The van der Waals surface area contributed by atoms with Crippen molar-refractivity contribution in [3.05, 3.63) is 75.3 Å². The number of amides is 1. The summed E-state index contributed by atoms with van der Waals surface area (Å²) in [7, 11) is 1.51. The summed E-state index contributed by atoms with van der Waals surface area (Å²) in [4.78, 5) is 38.1. The Labute approximate surface area is 184 Å². The first-order valence-corrected chi connectivity index (χ1v) is 10.2. The van der Waals surface area contributed by atoms with E-state index in [0.29, 0.717) is 23.5 Å². The van der Waals surface area contributed by atoms with Gasteiger partial charge in [-0.15, -0.1) is 0 Å². The van der Waals surface area contributed by atoms with Gasteiger partial charge >= 0.3 is 0 Å². The molecule has 2 aliphatic rings. The number of ether oxygens (including phenoxy) is 2. The van der Waals surface area contributed by atoms with E-state index >= 15 is 0 Å². The standard InChI is InChI=1S/C23H22N2O7/c1-31-17-9-7-14(8-10-17)21(26)19-20(15-4-2-5-16(12-15)25(29)30)24(23(28)22(19)27)13-18-6-3-11-32-18/h2,4-5,7-10,12,18,20,26H,3,6,11,13H2,1H3/t18-,20-/m1/s1. The van der Waals surface area contributed by atoms with Gasteiger partial charge in [-0.1, -0.05) is 12.1 Å². The second-order valence-electron chi connectivity index (χ2n) is 7.67. The van der Waals surface area contributed by atoms with E-state index in [1.165, 1.54) is 30.2 Å². The van der Waals surface area contributed by atoms with Crippen molar-refractivity contribution in [3.63, 3.8) is 0 Å². The van der Waals surface area contributed by atoms with Gasteiger partial charge in [0.05, 0.1) is 29.8 Å². The van der Waals surface area contributed by atoms with Crippen LogP contribution in [0.4, 0.5) is 5.69 Å². The Morgan fingerprint density at radius 1 is 1.25 bits per heavy atom. The molecule has 2 atom stereocenters. The summed E-state index contributed by atoms with van der Waals surface area (Å²) in [5, 5.41) is 22.4. The first-order chi connectivity index (χ1) is 15.4. The zero-order chi connectivity index (χ0) is 22.8. The van der Waals surface area contributed by atoms with Crippen molar-refractivity contribution in [2.75, 3.05) is 20.3 Å². The predicted molar refractivity (Wildman–Crippen MR) is 114 cm³/mol. The highest BCUT2D eigenvalue weighted by Crippen LogP contribution is 2.41. The molecule has 2 aromatic carbocycles. The third-order valence-corrected chi connectivity index (χ3v) is 5.72. The predicted octanol–water partition coefficient (Wildman–Crippen LogP) is 3.20. The quantitative estimate of drug-likeness (QED) is 0.242. The molecule has 2 heterocycles. The summed E-state index contributed by atoms with van der Waals surface area (Å²) in [5.41, 5.74) is 0.413. The zero-order valence-corrected chi connectivity index (χ0v) is 17.4. The largest absolute Gasteiger partial charge is 0.507 e. The van der Waals surface area contributed by atoms with Crippen molar-refractivity contribution in [3.8, 4) is 5.75 Å². The molecule has 2 aliphatic heterocycles. The highest BCUT2D eigenvalue weighted by atomic mass is 16.6. The second-order valence-corrected chi connectivity index (χ2v) is 7.67. The number of aliphatic hydroxyl groups is 1. The van der Waals surface area contributed by atoms with Gasteiger partial charge < -0.3 is 19.5 Å². The second kappa shape index (κ2) is 8.80. The minimum absolute atomic E-state index is 0.112. The van der Waals surface area contributed by atoms with Gasteiger partial charge in [0, 0.05) is 30.8 Å². The summed E-state index contributed by atoms with van der Waals surface area (Å²) in [6.45, 7) is 0.721. The van der Waals surface area contributed by atoms with Gasteiger partial charge in [0.2, 0.25) is 0 Å². The number of hydrogen-bond acceptors (Lipinski definition) is 7. The van der Waals surface area contributed by atoms with Crippen LogP contribution in [0.3, 0.4) is 0 Å². The molecule has 0 unspecified atom stereocenters. The number of ketones is 1. The monoisotopic (exact) mass is 438 g/mol. The lowest BCUT2D eigenvalue weighted by molar-refractivity contribution is -0.384. The molecule has 0 aromatic heterocycles. The normalized spacial score (nSPS) is 22.3. The van der Waals surface area contributed by atoms with E-state index < -0.39 is 22.7 Å². The number of methoxy groups -OCH3 is 1. The Bertz CT molecular complexity index is 1090. The number of carbonyl (C=O) groups is 2. The highest BCUT2D eigenvalue weighted by molar-refractivity contribution is 6.46. The van der Waals surface area contributed by atoms with E-state index in [0.717, 1.165) is 12.8 Å². The van der Waals surface area contributed by atoms with Gasteiger partial charge in [-0.3, -0.25) is 19.7 Å². The maximum atomic E-state index is 13.0. The van der Waals surface area contributed by atoms with Crippen LogP contribution in [-0.4, -0.2) is 53.0 Å². The van der Waals surface area contributed by atoms with Crippen molar-refractivity contribution in [1.29, 1.82) is 0 Å². The van der Waals surface area contributed by atoms with Crippen molar-refractivity contribution in [2.24, 2.45) is 0 Å². The maximum absolute atomic E-state index is 13.0. The summed E-state index contributed by atoms with van der Waals surface area (Å²) >= 11 is 0. The maximum Gasteiger partial charge on any atom is 0.295 e. The minimum Gasteiger partial charge on any atom is -0.507 e. The summed E-state index contributed by atoms with van der Waals surface area (Å²) in [5.74, 6) is -1.40. The lowest BCUT2D eigenvalue weighted by atomic mass is 9.95. The van der Waals surface area contributed by atoms with Crippen LogP contribution in [0.15, 0.2) is 54.1 Å². The van der Waals surface area contributed by atoms with Crippen LogP contribution in [-0.2, 0) is 14.3 Å². The number of carbonyl (C=O) groups excluding carboxylic acids is 2. The molecule has 1 amide bonds. The van der Waals surface area contributed by atoms with Gasteiger partial charge in [-0.2, -0.15) is 0 Å². The third-order valence-electron chi connectivity index (χ3n) is 5.72. The first-order valence-electron chi connectivity index (χ1n) is 10.2. The Morgan fingerprint density at radius 2 is 2.00 bits per heavy atom. The molecule has 2 saturated heterocycles. The van der Waals surface area contributed by atoms with Crippen LogP contribution < -0.4 is 4.74 Å². The number of nitro benzene ring substituents is 1. The Morgan fingerprint density at radius 3 is 2.62 bits per heavy atom. The molecule has 1 N–H and O–H groups in total. The van der Waals surface area contributed by atoms with Crippen LogP contribution in [0.25, 0.3) is 5.76 Å². The van der Waals surface area contributed by atoms with Gasteiger partial charge in [0.1, 0.15) is 11.5 Å². The van der Waals surface area contributed by atoms with Crippen LogP contribution in [0.5, 0.6) is 5.75 Å². The van der Waals surface area contributed by atoms with Crippen molar-refractivity contribution in [2.45, 2.75) is 25.0 Å². The van der Waals surface area contributed by atoms with E-state index in [2.05, 4.69) is 0 Å². The number of benzene rings is 2. The SMILES string of the molecule is COc1ccc(C(O)=C2C(=O)C(=O)N(C[C@H]3CCCO3)[C@@H]2c2cccc([N+](=O)[O-])c2)cc1. The van der Waals surface area contributed by atoms with Gasteiger partial charge in [0.25, 0.3) is 17.4 Å². The van der Waals surface area contributed by atoms with Crippen LogP contribution >= 0.6 is 0 Å². The van der Waals surface area contributed by atoms with E-state index in [-0.39, 0.29) is 29.7 Å². The molecule has 0 bridgehead atoms. The topological polar surface area (TPSA) is 119 Å². The molecule has 0 saturated carbocycles. The van der Waals surface area contributed by atoms with Gasteiger partial charge in [-0.05, 0) is 42.7 Å². The number of non-ortho nitro benzene ring substituents is 1. The Balaban J connectivity index is 1.83. The molecule has 9 nitrogen and oxygen atoms in total. The van der Waals surface area contributed by atoms with Gasteiger partial charge in [0.15, 0.2) is 0 Å². The minimum atomic E-state index is -0.971. The van der Waals surface area contributed by atoms with Gasteiger partial charge in [-0.25, -0.2) is 0 Å². The highest BCUT2D eigenvalue weighted by Gasteiger charge is 2.47. The van der Waals surface area contributed by atoms with Crippen LogP contribution in [0.1, 0.15) is 30.0 Å². The number of hydrogen-bond donors (Lipinski definition) is 1. The molecule has 2 fully saturated rings. The third kappa shape index (κ3) is 3.94. The zero-order valence-electron chi connectivity index (χ0n) is 17.4. The summed E-state index contributed by atoms with van der Waals surface area (Å²) in [6.07, 6.45) is 1.35. The number of nitrogens with zero attached hydrogens (tertiary/aromatic N) is 2. The molecule has 4 rings (SSSR count). The molecule has 2 aromatic rings. The van der Waals surface area contributed by atoms with Crippen LogP contribution in [0.2, 0.25) is 0 Å². The summed E-state index contributed by atoms with van der Waals surface area (Å²) in [6, 6.07) is 11.2. The average Bonchev–Trinajstić information content (AvgIpc) is 3.41. The van der Waals surface area contributed by atoms with E-state index in [1.807, 2.05) is 0 Å². The fourth-order valence-corrected chi connectivity index (χ4v) is 4.14. The lowest BCUT2D eigenvalue weighted by Gasteiger charge is -2.27. The van der Waals surface area contributed by atoms with Crippen molar-refractivity contribution in [1.82, 2.24) is 4.90 Å². The molecule has 9 heteroatoms. The molecular weight excluding hydrogens is 416 g/mol. The number of nitro groups is 1. The number of aliphatic hydroxyl groups excluding tert-OH is 1. The molecule has 0 spiro atoms. The fraction of sp³-hybridized carbons (Fsp3) is 0.304. The molecule has 166 valence electrons. The van der Waals surface area contributed by atoms with Crippen molar-refractivity contribution >= 4 is 23.1 Å². The molecular formula is C23H22N2O7. The van der Waals surface area contributed by atoms with E-state index in [1.54, 1.807) is 30.3 Å². The first kappa shape index (κ1) is 21.5. The van der Waals surface area contributed by atoms with E-state index in [4.69, 9.17) is 9.47 Å². The summed E-state index contributed by atoms with van der Waals surface area (Å²) < 4.78 is 10.8. The number of rotatable bonds is 6.